The first kappa shape index (κ1) is 22.4. The van der Waals surface area contributed by atoms with Crippen molar-refractivity contribution in [3.63, 3.8) is 0 Å². The van der Waals surface area contributed by atoms with Crippen LogP contribution in [0.1, 0.15) is 53.5 Å². The van der Waals surface area contributed by atoms with E-state index in [-0.39, 0.29) is 23.4 Å². The highest BCUT2D eigenvalue weighted by atomic mass is 32.1. The Labute approximate surface area is 189 Å². The normalized spacial score (nSPS) is 26.2. The van der Waals surface area contributed by atoms with E-state index in [2.05, 4.69) is 4.98 Å². The second-order valence-corrected chi connectivity index (χ2v) is 10.4. The number of thiophene rings is 1. The number of H-pyrrole nitrogens is 1. The number of hydrogen-bond donors (Lipinski definition) is 3. The third-order valence-electron chi connectivity index (χ3n) is 7.11. The molecule has 4 unspecified atom stereocenters. The number of nitrogens with zero attached hydrogens (tertiary/aromatic N) is 1. The Morgan fingerprint density at radius 3 is 2.58 bits per heavy atom. The summed E-state index contributed by atoms with van der Waals surface area (Å²) < 4.78 is 56.5. The van der Waals surface area contributed by atoms with Crippen LogP contribution in [-0.2, 0) is 12.8 Å². The van der Waals surface area contributed by atoms with Crippen LogP contribution in [0.2, 0.25) is 0 Å². The quantitative estimate of drug-likeness (QED) is 0.571. The van der Waals surface area contributed by atoms with Crippen molar-refractivity contribution in [2.75, 3.05) is 0 Å². The van der Waals surface area contributed by atoms with Crippen LogP contribution >= 0.6 is 11.3 Å². The fourth-order valence-corrected chi connectivity index (χ4v) is 6.63. The highest BCUT2D eigenvalue weighted by molar-refractivity contribution is 7.12. The molecule has 11 heteroatoms. The molecule has 0 aliphatic heterocycles. The first-order valence-electron chi connectivity index (χ1n) is 10.9. The summed E-state index contributed by atoms with van der Waals surface area (Å²) in [5, 5.41) is 0.367. The van der Waals surface area contributed by atoms with Crippen LogP contribution in [0.4, 0.5) is 17.6 Å². The smallest absolute Gasteiger partial charge is 0.399 e. The Kier molecular flexibility index (Phi) is 5.13. The van der Waals surface area contributed by atoms with Gasteiger partial charge >= 0.3 is 11.9 Å². The Bertz CT molecular complexity index is 1370. The molecule has 0 bridgehead atoms. The molecular formula is C22H24F4N4O2S. The molecule has 178 valence electrons. The molecule has 3 aliphatic carbocycles. The molecule has 3 aliphatic rings. The largest absolute Gasteiger partial charge is 0.403 e. The zero-order chi connectivity index (χ0) is 23.8. The molecule has 5 rings (SSSR count). The minimum Gasteiger partial charge on any atom is -0.399 e. The fourth-order valence-electron chi connectivity index (χ4n) is 5.23. The van der Waals surface area contributed by atoms with E-state index in [4.69, 9.17) is 11.5 Å². The van der Waals surface area contributed by atoms with Crippen molar-refractivity contribution < 1.29 is 17.6 Å². The number of aromatic amines is 1. The average Bonchev–Trinajstić information content (AvgIpc) is 3.48. The minimum absolute atomic E-state index is 0.000263. The van der Waals surface area contributed by atoms with Gasteiger partial charge in [-0.15, -0.1) is 11.3 Å². The Balaban J connectivity index is 1.62. The number of aromatic nitrogens is 2. The second kappa shape index (κ2) is 7.56. The third kappa shape index (κ3) is 3.56. The molecule has 0 amide bonds. The summed E-state index contributed by atoms with van der Waals surface area (Å²) in [5.41, 5.74) is 11.4. The molecule has 5 N–H and O–H groups in total. The van der Waals surface area contributed by atoms with E-state index in [1.54, 1.807) is 13.0 Å². The molecule has 0 aromatic carbocycles. The summed E-state index contributed by atoms with van der Waals surface area (Å²) in [4.78, 5) is 28.9. The van der Waals surface area contributed by atoms with Gasteiger partial charge in [-0.1, -0.05) is 0 Å². The predicted octanol–water partition coefficient (Wildman–Crippen LogP) is 1.30. The number of hydrogen-bond acceptors (Lipinski definition) is 5. The summed E-state index contributed by atoms with van der Waals surface area (Å²) in [6.07, 6.45) is -3.65. The monoisotopic (exact) mass is 484 g/mol. The number of alkyl halides is 4. The Morgan fingerprint density at radius 2 is 1.94 bits per heavy atom. The molecule has 2 aromatic heterocycles. The molecular weight excluding hydrogens is 460 g/mol. The van der Waals surface area contributed by atoms with Crippen molar-refractivity contribution in [3.8, 4) is 0 Å². The van der Waals surface area contributed by atoms with Crippen molar-refractivity contribution in [2.45, 2.75) is 69.4 Å². The SMILES string of the molecule is CC1=c2c(c(=O)[nH]c(=O)n2C2CC2)=C(N)C(F)C1c1cc2c(s1)CCC(C(N)C(F)(F)F)C2. The molecule has 0 radical (unpaired) electrons. The molecule has 6 nitrogen and oxygen atoms in total. The Morgan fingerprint density at radius 1 is 1.24 bits per heavy atom. The van der Waals surface area contributed by atoms with Gasteiger partial charge in [0.2, 0.25) is 0 Å². The van der Waals surface area contributed by atoms with E-state index in [1.807, 2.05) is 0 Å². The van der Waals surface area contributed by atoms with Gasteiger partial charge in [-0.2, -0.15) is 13.2 Å². The molecule has 1 fully saturated rings. The molecule has 2 heterocycles. The van der Waals surface area contributed by atoms with E-state index in [0.717, 1.165) is 23.3 Å². The molecule has 4 atom stereocenters. The minimum atomic E-state index is -4.47. The molecule has 0 saturated heterocycles. The highest BCUT2D eigenvalue weighted by Crippen LogP contribution is 2.43. The molecule has 2 aromatic rings. The van der Waals surface area contributed by atoms with E-state index in [1.165, 1.54) is 15.9 Å². The maximum Gasteiger partial charge on any atom is 0.403 e. The van der Waals surface area contributed by atoms with Gasteiger partial charge in [0, 0.05) is 15.8 Å². The van der Waals surface area contributed by atoms with E-state index < -0.39 is 41.5 Å². The van der Waals surface area contributed by atoms with Crippen LogP contribution in [-0.4, -0.2) is 27.9 Å². The number of aryl methyl sites for hydroxylation is 1. The molecule has 0 spiro atoms. The lowest BCUT2D eigenvalue weighted by Crippen LogP contribution is -2.59. The summed E-state index contributed by atoms with van der Waals surface area (Å²) in [6.45, 7) is 1.70. The van der Waals surface area contributed by atoms with Crippen molar-refractivity contribution >= 4 is 22.6 Å². The van der Waals surface area contributed by atoms with E-state index >= 15 is 4.39 Å². The van der Waals surface area contributed by atoms with Crippen molar-refractivity contribution in [1.29, 1.82) is 0 Å². The fraction of sp³-hybridized carbons (Fsp3) is 0.545. The lowest BCUT2D eigenvalue weighted by molar-refractivity contribution is -0.159. The van der Waals surface area contributed by atoms with Gasteiger partial charge in [0.25, 0.3) is 5.56 Å². The number of nitrogens with one attached hydrogen (secondary N) is 1. The maximum absolute atomic E-state index is 15.6. The van der Waals surface area contributed by atoms with Gasteiger partial charge in [-0.3, -0.25) is 14.3 Å². The highest BCUT2D eigenvalue weighted by Gasteiger charge is 2.43. The Hall–Kier alpha value is -2.40. The number of halogens is 4. The van der Waals surface area contributed by atoms with Gasteiger partial charge in [0.1, 0.15) is 6.04 Å². The standard InChI is InChI=1S/C22H24F4N4O2S/c1-8-14(13-7-10-6-9(2-5-12(10)33-13)19(28)22(24,25)26)16(23)17(27)15-18(8)30(11-3-4-11)21(32)29-20(15)31/h7,9,11,14,16,19H,2-6,27-28H2,1H3,(H,29,31,32). The number of rotatable bonds is 3. The zero-order valence-electron chi connectivity index (χ0n) is 17.8. The van der Waals surface area contributed by atoms with Gasteiger partial charge in [-0.25, -0.2) is 9.18 Å². The first-order chi connectivity index (χ1) is 15.5. The topological polar surface area (TPSA) is 107 Å². The van der Waals surface area contributed by atoms with Crippen LogP contribution in [0, 0.1) is 5.92 Å². The van der Waals surface area contributed by atoms with Crippen LogP contribution in [0.3, 0.4) is 0 Å². The van der Waals surface area contributed by atoms with Crippen LogP contribution in [0.25, 0.3) is 11.3 Å². The predicted molar refractivity (Wildman–Crippen MR) is 117 cm³/mol. The van der Waals surface area contributed by atoms with Crippen molar-refractivity contribution in [3.05, 3.63) is 52.8 Å². The summed E-state index contributed by atoms with van der Waals surface area (Å²) >= 11 is 1.36. The van der Waals surface area contributed by atoms with Crippen LogP contribution < -0.4 is 33.3 Å². The van der Waals surface area contributed by atoms with Crippen LogP contribution in [0.5, 0.6) is 0 Å². The number of nitrogens with two attached hydrogens (primary N) is 2. The maximum atomic E-state index is 15.6. The first-order valence-corrected chi connectivity index (χ1v) is 11.7. The van der Waals surface area contributed by atoms with E-state index in [0.29, 0.717) is 28.6 Å². The van der Waals surface area contributed by atoms with Crippen molar-refractivity contribution in [1.82, 2.24) is 9.55 Å². The lowest BCUT2D eigenvalue weighted by atomic mass is 9.82. The van der Waals surface area contributed by atoms with E-state index in [9.17, 15) is 22.8 Å². The zero-order valence-corrected chi connectivity index (χ0v) is 18.7. The van der Waals surface area contributed by atoms with Gasteiger partial charge in [-0.05, 0) is 62.1 Å². The summed E-state index contributed by atoms with van der Waals surface area (Å²) in [7, 11) is 0. The molecule has 1 saturated carbocycles. The van der Waals surface area contributed by atoms with Gasteiger partial charge < -0.3 is 11.5 Å². The lowest BCUT2D eigenvalue weighted by Gasteiger charge is -2.28. The molecule has 33 heavy (non-hydrogen) atoms. The third-order valence-corrected chi connectivity index (χ3v) is 8.43. The number of fused-ring (bicyclic) bond motifs is 2. The van der Waals surface area contributed by atoms with Gasteiger partial charge in [0.05, 0.1) is 22.2 Å². The summed E-state index contributed by atoms with van der Waals surface area (Å²) in [6, 6.07) is -0.216. The van der Waals surface area contributed by atoms with Crippen LogP contribution in [0.15, 0.2) is 15.7 Å². The second-order valence-electron chi connectivity index (χ2n) is 9.27. The average molecular weight is 485 g/mol. The van der Waals surface area contributed by atoms with Gasteiger partial charge in [0.15, 0.2) is 6.17 Å². The summed E-state index contributed by atoms with van der Waals surface area (Å²) in [5.74, 6) is -1.54. The van der Waals surface area contributed by atoms with Crippen molar-refractivity contribution in [2.24, 2.45) is 17.4 Å².